The Morgan fingerprint density at radius 2 is 2.06 bits per heavy atom. The minimum absolute atomic E-state index is 0.675. The van der Waals surface area contributed by atoms with Gasteiger partial charge < -0.3 is 4.90 Å². The Morgan fingerprint density at radius 3 is 2.53 bits per heavy atom. The van der Waals surface area contributed by atoms with Gasteiger partial charge in [-0.2, -0.15) is 0 Å². The van der Waals surface area contributed by atoms with E-state index in [0.29, 0.717) is 6.04 Å². The first-order valence-electron chi connectivity index (χ1n) is 6.85. The van der Waals surface area contributed by atoms with Crippen LogP contribution in [-0.2, 0) is 0 Å². The molecule has 1 rings (SSSR count). The molecule has 0 bridgehead atoms. The molecule has 1 aliphatic carbocycles. The van der Waals surface area contributed by atoms with Crippen LogP contribution < -0.4 is 0 Å². The molecule has 0 N–H and O–H groups in total. The number of hydrogen-bond acceptors (Lipinski definition) is 1. The maximum Gasteiger partial charge on any atom is 0.00925 e. The fraction of sp³-hybridized carbons (Fsp3) is 0.733. The zero-order chi connectivity index (χ0) is 12.8. The molecule has 0 fully saturated rings. The topological polar surface area (TPSA) is 3.24 Å². The summed E-state index contributed by atoms with van der Waals surface area (Å²) in [5.41, 5.74) is 0.864. The SMILES string of the molecule is CCCC(PC1=CC=CC1)[C@@H](C)[C@@H](C)N(C)C. The summed E-state index contributed by atoms with van der Waals surface area (Å²) in [6.45, 7) is 7.10. The van der Waals surface area contributed by atoms with Gasteiger partial charge in [0.25, 0.3) is 0 Å². The maximum absolute atomic E-state index is 2.43. The summed E-state index contributed by atoms with van der Waals surface area (Å²) in [6.07, 6.45) is 10.7. The van der Waals surface area contributed by atoms with Crippen molar-refractivity contribution in [2.45, 2.75) is 51.7 Å². The summed E-state index contributed by atoms with van der Waals surface area (Å²) >= 11 is 0. The summed E-state index contributed by atoms with van der Waals surface area (Å²) in [7, 11) is 5.42. The molecule has 0 heterocycles. The normalized spacial score (nSPS) is 21.2. The van der Waals surface area contributed by atoms with Crippen LogP contribution in [-0.4, -0.2) is 30.7 Å². The van der Waals surface area contributed by atoms with E-state index >= 15 is 0 Å². The van der Waals surface area contributed by atoms with Crippen molar-refractivity contribution in [1.29, 1.82) is 0 Å². The molecule has 2 heteroatoms. The Bertz CT molecular complexity index is 281. The van der Waals surface area contributed by atoms with E-state index in [0.717, 1.165) is 20.2 Å². The third-order valence-corrected chi connectivity index (χ3v) is 5.88. The number of hydrogen-bond donors (Lipinski definition) is 0. The summed E-state index contributed by atoms with van der Waals surface area (Å²) < 4.78 is 0. The number of rotatable bonds is 7. The Balaban J connectivity index is 2.57. The highest BCUT2D eigenvalue weighted by molar-refractivity contribution is 7.44. The van der Waals surface area contributed by atoms with Crippen LogP contribution in [0.3, 0.4) is 0 Å². The summed E-state index contributed by atoms with van der Waals surface area (Å²) in [5.74, 6) is 0.782. The largest absolute Gasteiger partial charge is 0.306 e. The predicted molar refractivity (Wildman–Crippen MR) is 81.2 cm³/mol. The Labute approximate surface area is 109 Å². The second kappa shape index (κ2) is 7.34. The Morgan fingerprint density at radius 1 is 1.35 bits per heavy atom. The van der Waals surface area contributed by atoms with Gasteiger partial charge in [0.15, 0.2) is 0 Å². The van der Waals surface area contributed by atoms with Gasteiger partial charge in [-0.05, 0) is 50.8 Å². The van der Waals surface area contributed by atoms with Crippen LogP contribution in [0.5, 0.6) is 0 Å². The molecule has 0 saturated heterocycles. The third-order valence-electron chi connectivity index (χ3n) is 3.95. The minimum atomic E-state index is 0.675. The molecule has 0 aromatic heterocycles. The fourth-order valence-electron chi connectivity index (χ4n) is 2.38. The Hall–Kier alpha value is -0.130. The van der Waals surface area contributed by atoms with Crippen molar-refractivity contribution < 1.29 is 0 Å². The van der Waals surface area contributed by atoms with E-state index in [1.807, 2.05) is 0 Å². The predicted octanol–water partition coefficient (Wildman–Crippen LogP) is 4.26. The first-order valence-corrected chi connectivity index (χ1v) is 7.92. The van der Waals surface area contributed by atoms with Crippen molar-refractivity contribution in [1.82, 2.24) is 4.90 Å². The first-order chi connectivity index (χ1) is 8.06. The molecule has 4 atom stereocenters. The number of nitrogens with zero attached hydrogens (tertiary/aromatic N) is 1. The van der Waals surface area contributed by atoms with Crippen molar-refractivity contribution in [3.63, 3.8) is 0 Å². The number of allylic oxidation sites excluding steroid dienone is 4. The Kier molecular flexibility index (Phi) is 6.44. The molecular weight excluding hydrogens is 225 g/mol. The summed E-state index contributed by atoms with van der Waals surface area (Å²) in [4.78, 5) is 2.36. The van der Waals surface area contributed by atoms with E-state index in [1.165, 1.54) is 19.3 Å². The van der Waals surface area contributed by atoms with Gasteiger partial charge in [-0.15, -0.1) is 0 Å². The highest BCUT2D eigenvalue weighted by Gasteiger charge is 2.24. The molecule has 0 saturated carbocycles. The van der Waals surface area contributed by atoms with E-state index in [1.54, 1.807) is 5.31 Å². The lowest BCUT2D eigenvalue weighted by molar-refractivity contribution is 0.231. The van der Waals surface area contributed by atoms with Crippen LogP contribution in [0, 0.1) is 5.92 Å². The molecule has 0 spiro atoms. The highest BCUT2D eigenvalue weighted by atomic mass is 31.1. The van der Waals surface area contributed by atoms with Crippen LogP contribution in [0.2, 0.25) is 0 Å². The molecule has 0 aromatic rings. The zero-order valence-electron chi connectivity index (χ0n) is 12.0. The highest BCUT2D eigenvalue weighted by Crippen LogP contribution is 2.41. The molecule has 0 aliphatic heterocycles. The van der Waals surface area contributed by atoms with Crippen molar-refractivity contribution in [2.24, 2.45) is 5.92 Å². The molecule has 1 nitrogen and oxygen atoms in total. The fourth-order valence-corrected chi connectivity index (χ4v) is 4.26. The van der Waals surface area contributed by atoms with Gasteiger partial charge in [-0.3, -0.25) is 0 Å². The van der Waals surface area contributed by atoms with Crippen molar-refractivity contribution >= 4 is 8.58 Å². The van der Waals surface area contributed by atoms with E-state index < -0.39 is 0 Å². The smallest absolute Gasteiger partial charge is 0.00925 e. The van der Waals surface area contributed by atoms with Gasteiger partial charge in [-0.25, -0.2) is 0 Å². The van der Waals surface area contributed by atoms with E-state index in [-0.39, 0.29) is 0 Å². The van der Waals surface area contributed by atoms with Crippen LogP contribution in [0.1, 0.15) is 40.0 Å². The molecule has 17 heavy (non-hydrogen) atoms. The van der Waals surface area contributed by atoms with Crippen LogP contribution in [0.25, 0.3) is 0 Å². The van der Waals surface area contributed by atoms with E-state index in [4.69, 9.17) is 0 Å². The molecule has 0 radical (unpaired) electrons. The molecule has 0 amide bonds. The molecule has 0 aromatic carbocycles. The van der Waals surface area contributed by atoms with E-state index in [9.17, 15) is 0 Å². The second-order valence-corrected chi connectivity index (χ2v) is 7.10. The lowest BCUT2D eigenvalue weighted by Crippen LogP contribution is -2.36. The van der Waals surface area contributed by atoms with Gasteiger partial charge in [0.1, 0.15) is 0 Å². The quantitative estimate of drug-likeness (QED) is 0.613. The van der Waals surface area contributed by atoms with Crippen LogP contribution in [0.4, 0.5) is 0 Å². The van der Waals surface area contributed by atoms with E-state index in [2.05, 4.69) is 58.0 Å². The van der Waals surface area contributed by atoms with Crippen LogP contribution in [0.15, 0.2) is 23.5 Å². The van der Waals surface area contributed by atoms with Gasteiger partial charge in [0, 0.05) is 6.04 Å². The van der Waals surface area contributed by atoms with Gasteiger partial charge in [0.05, 0.1) is 0 Å². The van der Waals surface area contributed by atoms with Gasteiger partial charge >= 0.3 is 0 Å². The van der Waals surface area contributed by atoms with Gasteiger partial charge in [-0.1, -0.05) is 47.1 Å². The van der Waals surface area contributed by atoms with Crippen LogP contribution >= 0.6 is 8.58 Å². The van der Waals surface area contributed by atoms with Crippen molar-refractivity contribution in [3.8, 4) is 0 Å². The van der Waals surface area contributed by atoms with Gasteiger partial charge in [0.2, 0.25) is 0 Å². The summed E-state index contributed by atoms with van der Waals surface area (Å²) in [5, 5.41) is 1.65. The lowest BCUT2D eigenvalue weighted by atomic mass is 9.96. The summed E-state index contributed by atoms with van der Waals surface area (Å²) in [6, 6.07) is 0.675. The monoisotopic (exact) mass is 253 g/mol. The second-order valence-electron chi connectivity index (χ2n) is 5.43. The molecule has 1 aliphatic rings. The van der Waals surface area contributed by atoms with Crippen molar-refractivity contribution in [2.75, 3.05) is 14.1 Å². The standard InChI is InChI=1S/C15H28NP/c1-6-9-15(12(2)13(3)16(4)5)17-14-10-7-8-11-14/h7-8,10,12-13,15,17H,6,9,11H2,1-5H3/t12-,13+,15?/m0/s1. The average molecular weight is 253 g/mol. The average Bonchev–Trinajstić information content (AvgIpc) is 2.79. The zero-order valence-corrected chi connectivity index (χ0v) is 13.0. The van der Waals surface area contributed by atoms with Crippen molar-refractivity contribution in [3.05, 3.63) is 23.5 Å². The first kappa shape index (κ1) is 14.9. The lowest BCUT2D eigenvalue weighted by Gasteiger charge is -2.33. The maximum atomic E-state index is 2.43. The minimum Gasteiger partial charge on any atom is -0.306 e. The molecule has 2 unspecified atom stereocenters. The molecule has 98 valence electrons. The molecular formula is C15H28NP. The third kappa shape index (κ3) is 4.56.